The zero-order valence-corrected chi connectivity index (χ0v) is 11.8. The Bertz CT molecular complexity index is 463. The van der Waals surface area contributed by atoms with Gasteiger partial charge in [-0.2, -0.15) is 0 Å². The molecule has 1 fully saturated rings. The molecule has 2 rings (SSSR count). The topological polar surface area (TPSA) is 60.8 Å². The summed E-state index contributed by atoms with van der Waals surface area (Å²) in [6.45, 7) is 2.88. The van der Waals surface area contributed by atoms with Gasteiger partial charge in [-0.05, 0) is 53.9 Å². The standard InChI is InChI=1S/C13H16BrNO3/c1-13(18)4-6-15(7-5-13)12(17)9-2-3-10(14)11(16)8-9/h2-3,8,16,18H,4-7H2,1H3. The number of carbonyl (C=O) groups excluding carboxylic acids is 1. The molecule has 0 saturated carbocycles. The van der Waals surface area contributed by atoms with E-state index in [4.69, 9.17) is 0 Å². The van der Waals surface area contributed by atoms with Gasteiger partial charge < -0.3 is 15.1 Å². The lowest BCUT2D eigenvalue weighted by atomic mass is 9.93. The number of carbonyl (C=O) groups is 1. The van der Waals surface area contributed by atoms with Crippen molar-refractivity contribution in [2.75, 3.05) is 13.1 Å². The van der Waals surface area contributed by atoms with Crippen LogP contribution in [0.4, 0.5) is 0 Å². The Hall–Kier alpha value is -1.07. The highest BCUT2D eigenvalue weighted by Gasteiger charge is 2.30. The molecular weight excluding hydrogens is 298 g/mol. The zero-order chi connectivity index (χ0) is 13.3. The van der Waals surface area contributed by atoms with E-state index in [2.05, 4.69) is 15.9 Å². The van der Waals surface area contributed by atoms with Crippen LogP contribution in [0.3, 0.4) is 0 Å². The number of nitrogens with zero attached hydrogens (tertiary/aromatic N) is 1. The van der Waals surface area contributed by atoms with Crippen molar-refractivity contribution in [3.05, 3.63) is 28.2 Å². The second-order valence-electron chi connectivity index (χ2n) is 4.96. The van der Waals surface area contributed by atoms with Gasteiger partial charge in [-0.1, -0.05) is 0 Å². The minimum atomic E-state index is -0.668. The minimum Gasteiger partial charge on any atom is -0.507 e. The van der Waals surface area contributed by atoms with Crippen LogP contribution in [0.15, 0.2) is 22.7 Å². The van der Waals surface area contributed by atoms with Gasteiger partial charge in [0.2, 0.25) is 0 Å². The largest absolute Gasteiger partial charge is 0.507 e. The molecule has 2 N–H and O–H groups in total. The van der Waals surface area contributed by atoms with Gasteiger partial charge in [0.15, 0.2) is 0 Å². The van der Waals surface area contributed by atoms with Gasteiger partial charge in [-0.25, -0.2) is 0 Å². The first-order valence-corrected chi connectivity index (χ1v) is 6.68. The van der Waals surface area contributed by atoms with Crippen molar-refractivity contribution < 1.29 is 15.0 Å². The smallest absolute Gasteiger partial charge is 0.253 e. The quantitative estimate of drug-likeness (QED) is 0.835. The number of aromatic hydroxyl groups is 1. The van der Waals surface area contributed by atoms with E-state index in [9.17, 15) is 15.0 Å². The van der Waals surface area contributed by atoms with Crippen molar-refractivity contribution in [1.29, 1.82) is 0 Å². The maximum absolute atomic E-state index is 12.2. The summed E-state index contributed by atoms with van der Waals surface area (Å²) < 4.78 is 0.570. The van der Waals surface area contributed by atoms with E-state index in [1.165, 1.54) is 6.07 Å². The number of amides is 1. The molecule has 1 aromatic carbocycles. The number of rotatable bonds is 1. The van der Waals surface area contributed by atoms with Crippen molar-refractivity contribution in [3.8, 4) is 5.75 Å². The van der Waals surface area contributed by atoms with Crippen LogP contribution in [-0.4, -0.2) is 39.7 Å². The van der Waals surface area contributed by atoms with Crippen LogP contribution in [0.25, 0.3) is 0 Å². The number of phenols is 1. The van der Waals surface area contributed by atoms with Crippen molar-refractivity contribution >= 4 is 21.8 Å². The van der Waals surface area contributed by atoms with Crippen LogP contribution >= 0.6 is 15.9 Å². The SMILES string of the molecule is CC1(O)CCN(C(=O)c2ccc(Br)c(O)c2)CC1. The highest BCUT2D eigenvalue weighted by atomic mass is 79.9. The lowest BCUT2D eigenvalue weighted by Gasteiger charge is -2.35. The summed E-state index contributed by atoms with van der Waals surface area (Å²) in [5.74, 6) is -0.0434. The van der Waals surface area contributed by atoms with Gasteiger partial charge in [0.1, 0.15) is 5.75 Å². The molecule has 1 aromatic rings. The summed E-state index contributed by atoms with van der Waals surface area (Å²) in [5.41, 5.74) is -0.198. The summed E-state index contributed by atoms with van der Waals surface area (Å²) in [4.78, 5) is 13.9. The molecule has 98 valence electrons. The average molecular weight is 314 g/mol. The predicted octanol–water partition coefficient (Wildman–Crippen LogP) is 2.14. The van der Waals surface area contributed by atoms with Crippen LogP contribution in [0.1, 0.15) is 30.1 Å². The lowest BCUT2D eigenvalue weighted by molar-refractivity contribution is -0.00203. The van der Waals surface area contributed by atoms with Crippen molar-refractivity contribution in [1.82, 2.24) is 4.90 Å². The summed E-state index contributed by atoms with van der Waals surface area (Å²) in [5, 5.41) is 19.4. The average Bonchev–Trinajstić information content (AvgIpc) is 2.32. The molecule has 1 amide bonds. The number of likely N-dealkylation sites (tertiary alicyclic amines) is 1. The van der Waals surface area contributed by atoms with E-state index in [1.54, 1.807) is 24.0 Å². The Morgan fingerprint density at radius 2 is 2.00 bits per heavy atom. The Balaban J connectivity index is 2.10. The molecule has 0 aliphatic carbocycles. The van der Waals surface area contributed by atoms with E-state index in [0.717, 1.165) is 0 Å². The molecule has 0 spiro atoms. The fourth-order valence-corrected chi connectivity index (χ4v) is 2.27. The summed E-state index contributed by atoms with van der Waals surface area (Å²) >= 11 is 3.18. The monoisotopic (exact) mass is 313 g/mol. The van der Waals surface area contributed by atoms with E-state index < -0.39 is 5.60 Å². The third-order valence-electron chi connectivity index (χ3n) is 3.32. The fourth-order valence-electron chi connectivity index (χ4n) is 2.02. The molecule has 1 heterocycles. The van der Waals surface area contributed by atoms with Crippen molar-refractivity contribution in [2.45, 2.75) is 25.4 Å². The second kappa shape index (κ2) is 4.90. The normalized spacial score (nSPS) is 18.7. The van der Waals surface area contributed by atoms with E-state index >= 15 is 0 Å². The first-order chi connectivity index (χ1) is 8.39. The Morgan fingerprint density at radius 3 is 2.56 bits per heavy atom. The molecular formula is C13H16BrNO3. The van der Waals surface area contributed by atoms with Crippen LogP contribution in [0.2, 0.25) is 0 Å². The van der Waals surface area contributed by atoms with Crippen LogP contribution in [0, 0.1) is 0 Å². The summed E-state index contributed by atoms with van der Waals surface area (Å²) in [6, 6.07) is 4.79. The van der Waals surface area contributed by atoms with Gasteiger partial charge in [0.05, 0.1) is 10.1 Å². The van der Waals surface area contributed by atoms with Gasteiger partial charge in [0, 0.05) is 18.7 Å². The Morgan fingerprint density at radius 1 is 1.39 bits per heavy atom. The number of hydrogen-bond acceptors (Lipinski definition) is 3. The van der Waals surface area contributed by atoms with E-state index in [-0.39, 0.29) is 11.7 Å². The molecule has 0 aromatic heterocycles. The van der Waals surface area contributed by atoms with Crippen LogP contribution < -0.4 is 0 Å². The van der Waals surface area contributed by atoms with Gasteiger partial charge in [-0.3, -0.25) is 4.79 Å². The molecule has 0 unspecified atom stereocenters. The number of phenolic OH excluding ortho intramolecular Hbond substituents is 1. The molecule has 18 heavy (non-hydrogen) atoms. The second-order valence-corrected chi connectivity index (χ2v) is 5.81. The third kappa shape index (κ3) is 2.84. The molecule has 0 atom stereocenters. The molecule has 1 aliphatic heterocycles. The van der Waals surface area contributed by atoms with Crippen molar-refractivity contribution in [2.24, 2.45) is 0 Å². The first kappa shape index (κ1) is 13.4. The molecule has 0 bridgehead atoms. The maximum Gasteiger partial charge on any atom is 0.253 e. The maximum atomic E-state index is 12.2. The first-order valence-electron chi connectivity index (χ1n) is 5.89. The highest BCUT2D eigenvalue weighted by Crippen LogP contribution is 2.26. The van der Waals surface area contributed by atoms with Crippen LogP contribution in [0.5, 0.6) is 5.75 Å². The van der Waals surface area contributed by atoms with Crippen molar-refractivity contribution in [3.63, 3.8) is 0 Å². The number of benzene rings is 1. The molecule has 4 nitrogen and oxygen atoms in total. The molecule has 5 heteroatoms. The zero-order valence-electron chi connectivity index (χ0n) is 10.2. The predicted molar refractivity (Wildman–Crippen MR) is 71.6 cm³/mol. The molecule has 0 radical (unpaired) electrons. The Labute approximate surface area is 114 Å². The van der Waals surface area contributed by atoms with Gasteiger partial charge in [-0.15, -0.1) is 0 Å². The number of aliphatic hydroxyl groups is 1. The summed E-state index contributed by atoms with van der Waals surface area (Å²) in [6.07, 6.45) is 1.17. The number of halogens is 1. The molecule has 1 saturated heterocycles. The highest BCUT2D eigenvalue weighted by molar-refractivity contribution is 9.10. The molecule has 1 aliphatic rings. The van der Waals surface area contributed by atoms with E-state index in [1.807, 2.05) is 0 Å². The minimum absolute atomic E-state index is 0.0601. The Kier molecular flexibility index (Phi) is 3.64. The van der Waals surface area contributed by atoms with Gasteiger partial charge in [0.25, 0.3) is 5.91 Å². The lowest BCUT2D eigenvalue weighted by Crippen LogP contribution is -2.45. The summed E-state index contributed by atoms with van der Waals surface area (Å²) in [7, 11) is 0. The number of piperidine rings is 1. The third-order valence-corrected chi connectivity index (χ3v) is 3.99. The fraction of sp³-hybridized carbons (Fsp3) is 0.462. The van der Waals surface area contributed by atoms with Crippen LogP contribution in [-0.2, 0) is 0 Å². The van der Waals surface area contributed by atoms with Gasteiger partial charge >= 0.3 is 0 Å². The number of hydrogen-bond donors (Lipinski definition) is 2. The van der Waals surface area contributed by atoms with E-state index in [0.29, 0.717) is 36.0 Å².